The molecule has 0 bridgehead atoms. The minimum Gasteiger partial charge on any atom is -0.457 e. The highest BCUT2D eigenvalue weighted by atomic mass is 19.1. The second-order valence-electron chi connectivity index (χ2n) is 4.49. The largest absolute Gasteiger partial charge is 0.457 e. The number of para-hydroxylation sites is 1. The van der Waals surface area contributed by atoms with E-state index in [0.717, 1.165) is 18.1 Å². The van der Waals surface area contributed by atoms with Crippen molar-refractivity contribution in [2.24, 2.45) is 0 Å². The summed E-state index contributed by atoms with van der Waals surface area (Å²) in [6.07, 6.45) is 0.883. The van der Waals surface area contributed by atoms with E-state index in [1.54, 1.807) is 6.07 Å². The Bertz CT molecular complexity index is 562. The van der Waals surface area contributed by atoms with Crippen molar-refractivity contribution in [3.63, 3.8) is 0 Å². The maximum absolute atomic E-state index is 13.2. The molecule has 2 rings (SSSR count). The SMILES string of the molecule is CCC(NC)c1ccccc1Oc1cc(F)cc(F)c1. The lowest BCUT2D eigenvalue weighted by Crippen LogP contribution is -2.15. The molecule has 1 atom stereocenters. The van der Waals surface area contributed by atoms with Crippen LogP contribution in [0.5, 0.6) is 11.5 Å². The summed E-state index contributed by atoms with van der Waals surface area (Å²) in [5, 5.41) is 3.19. The molecule has 1 unspecified atom stereocenters. The Labute approximate surface area is 117 Å². The molecule has 0 amide bonds. The van der Waals surface area contributed by atoms with Gasteiger partial charge in [-0.05, 0) is 19.5 Å². The molecule has 0 radical (unpaired) electrons. The van der Waals surface area contributed by atoms with Gasteiger partial charge in [0.1, 0.15) is 23.1 Å². The quantitative estimate of drug-likeness (QED) is 0.873. The first-order valence-corrected chi connectivity index (χ1v) is 6.54. The molecule has 0 saturated heterocycles. The number of benzene rings is 2. The van der Waals surface area contributed by atoms with Crippen LogP contribution >= 0.6 is 0 Å². The fourth-order valence-corrected chi connectivity index (χ4v) is 2.16. The number of halogens is 2. The highest BCUT2D eigenvalue weighted by Gasteiger charge is 2.13. The Morgan fingerprint density at radius 3 is 2.35 bits per heavy atom. The van der Waals surface area contributed by atoms with Crippen molar-refractivity contribution in [2.75, 3.05) is 7.05 Å². The summed E-state index contributed by atoms with van der Waals surface area (Å²) >= 11 is 0. The van der Waals surface area contributed by atoms with Crippen molar-refractivity contribution in [3.05, 3.63) is 59.7 Å². The third-order valence-corrected chi connectivity index (χ3v) is 3.12. The van der Waals surface area contributed by atoms with E-state index in [1.165, 1.54) is 12.1 Å². The van der Waals surface area contributed by atoms with Gasteiger partial charge in [-0.15, -0.1) is 0 Å². The molecule has 106 valence electrons. The van der Waals surface area contributed by atoms with E-state index in [9.17, 15) is 8.78 Å². The van der Waals surface area contributed by atoms with E-state index >= 15 is 0 Å². The first kappa shape index (κ1) is 14.5. The molecule has 2 aromatic carbocycles. The standard InChI is InChI=1S/C16H17F2NO/c1-3-15(19-2)14-6-4-5-7-16(14)20-13-9-11(17)8-12(18)10-13/h4-10,15,19H,3H2,1-2H3. The normalized spacial score (nSPS) is 12.2. The zero-order chi connectivity index (χ0) is 14.5. The van der Waals surface area contributed by atoms with Gasteiger partial charge in [-0.1, -0.05) is 25.1 Å². The Kier molecular flexibility index (Phi) is 4.69. The number of ether oxygens (including phenoxy) is 1. The summed E-state index contributed by atoms with van der Waals surface area (Å²) < 4.78 is 32.0. The van der Waals surface area contributed by atoms with E-state index in [1.807, 2.05) is 25.2 Å². The third kappa shape index (κ3) is 3.33. The summed E-state index contributed by atoms with van der Waals surface area (Å²) in [6, 6.07) is 10.8. The van der Waals surface area contributed by atoms with Crippen LogP contribution in [0.2, 0.25) is 0 Å². The predicted octanol–water partition coefficient (Wildman–Crippen LogP) is 4.43. The zero-order valence-corrected chi connectivity index (χ0v) is 11.5. The molecule has 1 N–H and O–H groups in total. The molecule has 0 aliphatic heterocycles. The summed E-state index contributed by atoms with van der Waals surface area (Å²) in [4.78, 5) is 0. The van der Waals surface area contributed by atoms with Gasteiger partial charge in [0.25, 0.3) is 0 Å². The van der Waals surface area contributed by atoms with Crippen molar-refractivity contribution < 1.29 is 13.5 Å². The third-order valence-electron chi connectivity index (χ3n) is 3.12. The summed E-state index contributed by atoms with van der Waals surface area (Å²) in [6.45, 7) is 2.06. The number of rotatable bonds is 5. The lowest BCUT2D eigenvalue weighted by molar-refractivity contribution is 0.449. The van der Waals surface area contributed by atoms with Gasteiger partial charge in [0.2, 0.25) is 0 Å². The second-order valence-corrected chi connectivity index (χ2v) is 4.49. The minimum absolute atomic E-state index is 0.129. The molecule has 20 heavy (non-hydrogen) atoms. The fourth-order valence-electron chi connectivity index (χ4n) is 2.16. The Morgan fingerprint density at radius 2 is 1.75 bits per heavy atom. The van der Waals surface area contributed by atoms with Gasteiger partial charge < -0.3 is 10.1 Å². The van der Waals surface area contributed by atoms with Gasteiger partial charge >= 0.3 is 0 Å². The van der Waals surface area contributed by atoms with Crippen LogP contribution in [0.3, 0.4) is 0 Å². The smallest absolute Gasteiger partial charge is 0.133 e. The van der Waals surface area contributed by atoms with E-state index in [-0.39, 0.29) is 11.8 Å². The lowest BCUT2D eigenvalue weighted by atomic mass is 10.0. The number of nitrogens with one attached hydrogen (secondary N) is 1. The van der Waals surface area contributed by atoms with Crippen LogP contribution in [0.4, 0.5) is 8.78 Å². The van der Waals surface area contributed by atoms with Crippen LogP contribution in [0.1, 0.15) is 24.9 Å². The molecule has 0 spiro atoms. The molecule has 0 aliphatic rings. The molecule has 2 nitrogen and oxygen atoms in total. The summed E-state index contributed by atoms with van der Waals surface area (Å²) in [7, 11) is 1.87. The molecular formula is C16H17F2NO. The fraction of sp³-hybridized carbons (Fsp3) is 0.250. The molecule has 0 aliphatic carbocycles. The van der Waals surface area contributed by atoms with Crippen LogP contribution in [0, 0.1) is 11.6 Å². The van der Waals surface area contributed by atoms with Crippen LogP contribution in [-0.2, 0) is 0 Å². The van der Waals surface area contributed by atoms with E-state index in [4.69, 9.17) is 4.74 Å². The summed E-state index contributed by atoms with van der Waals surface area (Å²) in [5.74, 6) is -0.559. The maximum atomic E-state index is 13.2. The van der Waals surface area contributed by atoms with Crippen LogP contribution < -0.4 is 10.1 Å². The van der Waals surface area contributed by atoms with E-state index < -0.39 is 11.6 Å². The van der Waals surface area contributed by atoms with Gasteiger partial charge in [-0.3, -0.25) is 0 Å². The maximum Gasteiger partial charge on any atom is 0.133 e. The minimum atomic E-state index is -0.655. The summed E-state index contributed by atoms with van der Waals surface area (Å²) in [5.41, 5.74) is 0.960. The van der Waals surface area contributed by atoms with Crippen LogP contribution in [0.15, 0.2) is 42.5 Å². The highest BCUT2D eigenvalue weighted by molar-refractivity contribution is 5.40. The predicted molar refractivity (Wildman–Crippen MR) is 75.0 cm³/mol. The Morgan fingerprint density at radius 1 is 1.10 bits per heavy atom. The van der Waals surface area contributed by atoms with Crippen molar-refractivity contribution in [3.8, 4) is 11.5 Å². The van der Waals surface area contributed by atoms with Crippen molar-refractivity contribution >= 4 is 0 Å². The average Bonchev–Trinajstić information content (AvgIpc) is 2.41. The van der Waals surface area contributed by atoms with E-state index in [0.29, 0.717) is 5.75 Å². The number of hydrogen-bond acceptors (Lipinski definition) is 2. The molecule has 4 heteroatoms. The first-order valence-electron chi connectivity index (χ1n) is 6.54. The van der Waals surface area contributed by atoms with Gasteiger partial charge in [-0.2, -0.15) is 0 Å². The lowest BCUT2D eigenvalue weighted by Gasteiger charge is -2.18. The van der Waals surface area contributed by atoms with Gasteiger partial charge in [0.05, 0.1) is 0 Å². The monoisotopic (exact) mass is 277 g/mol. The topological polar surface area (TPSA) is 21.3 Å². The van der Waals surface area contributed by atoms with Crippen molar-refractivity contribution in [1.29, 1.82) is 0 Å². The van der Waals surface area contributed by atoms with Crippen LogP contribution in [-0.4, -0.2) is 7.05 Å². The molecule has 0 saturated carbocycles. The van der Waals surface area contributed by atoms with Gasteiger partial charge in [0.15, 0.2) is 0 Å². The average molecular weight is 277 g/mol. The first-order chi connectivity index (χ1) is 9.63. The van der Waals surface area contributed by atoms with Crippen LogP contribution in [0.25, 0.3) is 0 Å². The Balaban J connectivity index is 2.33. The van der Waals surface area contributed by atoms with Gasteiger partial charge in [-0.25, -0.2) is 8.78 Å². The molecule has 0 fully saturated rings. The van der Waals surface area contributed by atoms with Gasteiger partial charge in [0, 0.05) is 29.8 Å². The van der Waals surface area contributed by atoms with Crippen molar-refractivity contribution in [1.82, 2.24) is 5.32 Å². The number of hydrogen-bond donors (Lipinski definition) is 1. The molecule has 0 aromatic heterocycles. The van der Waals surface area contributed by atoms with Crippen molar-refractivity contribution in [2.45, 2.75) is 19.4 Å². The Hall–Kier alpha value is -1.94. The molecule has 0 heterocycles. The second kappa shape index (κ2) is 6.48. The molecular weight excluding hydrogens is 260 g/mol. The van der Waals surface area contributed by atoms with E-state index in [2.05, 4.69) is 12.2 Å². The molecule has 2 aromatic rings. The highest BCUT2D eigenvalue weighted by Crippen LogP contribution is 2.31. The zero-order valence-electron chi connectivity index (χ0n) is 11.5.